The molecule has 0 spiro atoms. The van der Waals surface area contributed by atoms with Gasteiger partial charge in [0.15, 0.2) is 0 Å². The van der Waals surface area contributed by atoms with Crippen molar-refractivity contribution in [2.45, 2.75) is 26.1 Å². The monoisotopic (exact) mass is 3500 g/mol. The molecule has 6 rings (SSSR count). The Kier molecular flexibility index (Phi) is 41.1. The number of para-hydroxylation sites is 4. The van der Waals surface area contributed by atoms with Gasteiger partial charge in [-0.05, 0) is 73.5 Å². The van der Waals surface area contributed by atoms with Gasteiger partial charge in [-0.15, -0.1) is 0 Å². The van der Waals surface area contributed by atoms with Gasteiger partial charge in [0.1, 0.15) is 11.5 Å². The van der Waals surface area contributed by atoms with Gasteiger partial charge in [0.2, 0.25) is 12.2 Å². The third-order valence-corrected chi connectivity index (χ3v) is 1250. The summed E-state index contributed by atoms with van der Waals surface area (Å²) < 4.78 is 12.6. The number of carbonyl (C=O) groups is 2. The summed E-state index contributed by atoms with van der Waals surface area (Å²) in [5.74, 6) is 0.979. The van der Waals surface area contributed by atoms with Crippen LogP contribution in [0.3, 0.4) is 0 Å². The number of anilines is 2. The summed E-state index contributed by atoms with van der Waals surface area (Å²) in [6.45, 7) is 3.87. The number of amides is 2. The van der Waals surface area contributed by atoms with Crippen molar-refractivity contribution in [1.82, 2.24) is 0 Å². The van der Waals surface area contributed by atoms with E-state index in [1.165, 1.54) is 0 Å². The second kappa shape index (κ2) is 37.2. The molecular formula is C31H24BrI23N3O4-. The van der Waals surface area contributed by atoms with Gasteiger partial charge in [-0.3, -0.25) is 9.59 Å². The van der Waals surface area contributed by atoms with E-state index in [-0.39, 0.29) is 82.9 Å². The summed E-state index contributed by atoms with van der Waals surface area (Å²) >= 11 is 41.3. The Bertz CT molecular complexity index is 2140. The fourth-order valence-corrected chi connectivity index (χ4v) is 2310. The number of carbonyl (C=O) groups excluding carboxylic acids is 2. The minimum absolute atomic E-state index is 0.139. The van der Waals surface area contributed by atoms with Crippen LogP contribution in [-0.4, -0.2) is 11.8 Å². The first-order valence-electron chi connectivity index (χ1n) is 15.2. The van der Waals surface area contributed by atoms with Crippen LogP contribution in [0.4, 0.5) is 11.4 Å². The van der Waals surface area contributed by atoms with E-state index in [1.54, 1.807) is 18.2 Å². The van der Waals surface area contributed by atoms with Gasteiger partial charge in [-0.1, -0.05) is 52.3 Å². The predicted molar refractivity (Wildman–Crippen MR) is 460 cm³/mol. The summed E-state index contributed by atoms with van der Waals surface area (Å²) in [7, 11) is -2.87. The van der Waals surface area contributed by atoms with Crippen LogP contribution < -0.4 is 33.4 Å². The van der Waals surface area contributed by atoms with Crippen LogP contribution in [0.25, 0.3) is 0 Å². The molecule has 2 amide bonds. The number of hydrogen-bond acceptors (Lipinski definition) is 5. The van der Waals surface area contributed by atoms with Gasteiger partial charge in [-0.25, -0.2) is 0 Å². The Hall–Kier alpha value is 12.2. The van der Waals surface area contributed by atoms with E-state index in [9.17, 15) is 9.59 Å². The van der Waals surface area contributed by atoms with E-state index in [0.29, 0.717) is 36.0 Å². The molecule has 7 nitrogen and oxygen atoms in total. The van der Waals surface area contributed by atoms with Gasteiger partial charge in [0.25, 0.3) is 11.8 Å². The second-order valence-corrected chi connectivity index (χ2v) is 466. The van der Waals surface area contributed by atoms with Crippen molar-refractivity contribution in [2.75, 3.05) is 10.6 Å². The Labute approximate surface area is 541 Å². The number of ether oxygens (including phenoxy) is 2. The molecule has 356 valence electrons. The Morgan fingerprint density at radius 2 is 1.00 bits per heavy atom. The van der Waals surface area contributed by atoms with Crippen LogP contribution >= 0.6 is 329 Å². The average Bonchev–Trinajstić information content (AvgIpc) is 3.25. The van der Waals surface area contributed by atoms with Crippen molar-refractivity contribution in [3.05, 3.63) is 117 Å². The molecule has 2 atom stereocenters. The van der Waals surface area contributed by atoms with Gasteiger partial charge >= 0.3 is 326 Å². The molecule has 0 aromatic heterocycles. The number of halogens is 24. The minimum atomic E-state index is -0.724. The summed E-state index contributed by atoms with van der Waals surface area (Å²) in [4.78, 5) is 24.4. The van der Waals surface area contributed by atoms with Crippen molar-refractivity contribution < 1.29 is 32.3 Å². The van der Waals surface area contributed by atoms with Crippen molar-refractivity contribution in [1.29, 1.82) is 5.26 Å². The third kappa shape index (κ3) is 23.7. The molecule has 0 aliphatic carbocycles. The molecule has 2 aliphatic heterocycles. The number of rotatable bonds is 10. The number of fused-ring (bicyclic) bond motifs is 2. The molecular weight excluding hydrogens is 3480 g/mol. The zero-order valence-electron chi connectivity index (χ0n) is 29.9. The van der Waals surface area contributed by atoms with Gasteiger partial charge < -0.3 is 20.1 Å². The molecule has 2 heterocycles. The Morgan fingerprint density at radius 1 is 0.597 bits per heavy atom. The molecule has 0 fully saturated rings. The van der Waals surface area contributed by atoms with Gasteiger partial charge in [0.05, 0.1) is 23.0 Å². The standard InChI is InChI=1S/C16H12N2O2.C15H12BrNO2.I12.I11/c1-10-6-7-11(9-17)8-12(10)15-16(19)18-13-4-2-3-5-14(13)20-15;1-9-6-7-10(16)8-11(9)14-15(18)17-12-4-2-3-5-13(12)19-14;1-8(2)10(5)12(7)11(6)9(3)4;1-7-9(4)11(6)10(5)8(2)3/h2-8,15H,1H3,(H,18,19);2-8,14H,1H3,(H,17,18);;/q;;;-1. The molecule has 0 bridgehead atoms. The quantitative estimate of drug-likeness (QED) is 0.154. The molecule has 0 saturated heterocycles. The molecule has 0 saturated carbocycles. The fourth-order valence-electron chi connectivity index (χ4n) is 4.57. The predicted octanol–water partition coefficient (Wildman–Crippen LogP) is 23.3. The molecule has 4 aromatic carbocycles. The molecule has 4 aromatic rings. The fraction of sp³-hybridized carbons (Fsp3) is 0.129. The maximum absolute atomic E-state index is 12.2. The number of aryl methyl sites for hydroxylation is 2. The van der Waals surface area contributed by atoms with Crippen LogP contribution in [0, 0.1) is 25.2 Å². The van der Waals surface area contributed by atoms with Gasteiger partial charge in [0, 0.05) is 15.6 Å². The summed E-state index contributed by atoms with van der Waals surface area (Å²) in [6, 6.07) is 27.9. The molecule has 0 radical (unpaired) electrons. The van der Waals surface area contributed by atoms with E-state index in [0.717, 1.165) is 32.4 Å². The molecule has 2 unspecified atom stereocenters. The Balaban J connectivity index is 0.000000229. The second-order valence-electron chi connectivity index (χ2n) is 10.7. The first-order chi connectivity index (χ1) is 29.2. The summed E-state index contributed by atoms with van der Waals surface area (Å²) in [6.07, 6.45) is -1.33. The van der Waals surface area contributed by atoms with Crippen molar-refractivity contribution in [3.63, 3.8) is 0 Å². The molecule has 62 heavy (non-hydrogen) atoms. The maximum atomic E-state index is 12.2. The zero-order valence-corrected chi connectivity index (χ0v) is 81.1. The van der Waals surface area contributed by atoms with Crippen LogP contribution in [0.1, 0.15) is 40.0 Å². The number of hydrogen-bond donors (Lipinski definition) is 2. The molecule has 31 heteroatoms. The first-order valence-corrected chi connectivity index (χ1v) is 148. The number of nitrogens with zero attached hydrogens (tertiary/aromatic N) is 1. The van der Waals surface area contributed by atoms with Crippen LogP contribution in [0.5, 0.6) is 11.5 Å². The van der Waals surface area contributed by atoms with E-state index < -0.39 is 12.2 Å². The zero-order chi connectivity index (χ0) is 46.4. The van der Waals surface area contributed by atoms with Crippen LogP contribution in [-0.2, 0) is 9.59 Å². The first kappa shape index (κ1) is 68.5. The number of nitrogens with one attached hydrogen (secondary N) is 2. The van der Waals surface area contributed by atoms with Crippen LogP contribution in [0.2, 0.25) is 0 Å². The SMILES string of the molecule is Cc1ccc(Br)cc1C1Oc2ccccc2NC1=O.Cc1ccc(C#N)cc1C1Oc2ccccc2NC1=O.II(I)I(I)I(I)I(I)I(I)I.I[I-]I(I)I(I)I(I)I(I)I. The third-order valence-electron chi connectivity index (χ3n) is 7.08. The average molecular weight is 3500 g/mol. The van der Waals surface area contributed by atoms with E-state index >= 15 is 0 Å². The normalized spacial score (nSPS) is 16.8. The topological polar surface area (TPSA) is 100 Å². The van der Waals surface area contributed by atoms with Crippen molar-refractivity contribution in [2.24, 2.45) is 0 Å². The number of benzene rings is 4. The Morgan fingerprint density at radius 3 is 1.42 bits per heavy atom. The van der Waals surface area contributed by atoms with Crippen molar-refractivity contribution >= 4 is 352 Å². The van der Waals surface area contributed by atoms with Gasteiger partial charge in [-0.2, -0.15) is 5.26 Å². The van der Waals surface area contributed by atoms with Crippen molar-refractivity contribution in [3.8, 4) is 17.6 Å². The summed E-state index contributed by atoms with van der Waals surface area (Å²) in [5.41, 5.74) is 5.45. The number of nitriles is 1. The van der Waals surface area contributed by atoms with E-state index in [4.69, 9.17) is 14.7 Å². The summed E-state index contributed by atoms with van der Waals surface area (Å²) in [5, 5.41) is 14.7. The van der Waals surface area contributed by atoms with Crippen LogP contribution in [0.15, 0.2) is 89.4 Å². The van der Waals surface area contributed by atoms with E-state index in [2.05, 4.69) is 275 Å². The molecule has 2 aliphatic rings. The molecule has 2 N–H and O–H groups in total. The van der Waals surface area contributed by atoms with E-state index in [1.807, 2.05) is 80.6 Å².